The van der Waals surface area contributed by atoms with Gasteiger partial charge >= 0.3 is 6.18 Å². The van der Waals surface area contributed by atoms with Crippen molar-refractivity contribution in [3.63, 3.8) is 0 Å². The first-order valence-electron chi connectivity index (χ1n) is 10.3. The van der Waals surface area contributed by atoms with Crippen molar-refractivity contribution in [1.29, 1.82) is 5.26 Å². The van der Waals surface area contributed by atoms with Crippen LogP contribution < -0.4 is 27.3 Å². The average Bonchev–Trinajstić information content (AvgIpc) is 3.18. The molecule has 2 aromatic heterocycles. The van der Waals surface area contributed by atoms with Crippen molar-refractivity contribution in [2.45, 2.75) is 6.18 Å². The molecule has 0 saturated heterocycles. The van der Waals surface area contributed by atoms with Crippen molar-refractivity contribution in [3.8, 4) is 22.9 Å². The molecule has 13 heteroatoms. The number of thiophene rings is 1. The van der Waals surface area contributed by atoms with Crippen LogP contribution in [0.2, 0.25) is 0 Å². The summed E-state index contributed by atoms with van der Waals surface area (Å²) in [5.41, 5.74) is 17.0. The number of primary amides is 1. The van der Waals surface area contributed by atoms with Crippen LogP contribution in [0.1, 0.15) is 31.2 Å². The lowest BCUT2D eigenvalue weighted by molar-refractivity contribution is -0.137. The maximum atomic E-state index is 13.1. The first-order chi connectivity index (χ1) is 17.5. The molecule has 9 nitrogen and oxygen atoms in total. The van der Waals surface area contributed by atoms with Crippen LogP contribution in [0.3, 0.4) is 0 Å². The quantitative estimate of drug-likeness (QED) is 0.299. The maximum absolute atomic E-state index is 13.1. The molecule has 0 bridgehead atoms. The number of halogens is 3. The molecule has 4 aromatic rings. The van der Waals surface area contributed by atoms with E-state index in [0.717, 1.165) is 29.5 Å². The number of nitriles is 1. The number of nitrogens with zero attached hydrogens (tertiary/aromatic N) is 2. The van der Waals surface area contributed by atoms with Gasteiger partial charge in [0.1, 0.15) is 32.9 Å². The van der Waals surface area contributed by atoms with Gasteiger partial charge in [-0.3, -0.25) is 9.59 Å². The van der Waals surface area contributed by atoms with E-state index in [0.29, 0.717) is 5.56 Å². The molecule has 0 aliphatic rings. The van der Waals surface area contributed by atoms with Gasteiger partial charge in [0.25, 0.3) is 11.8 Å². The molecule has 0 spiro atoms. The second-order valence-electron chi connectivity index (χ2n) is 7.70. The minimum atomic E-state index is -4.63. The van der Waals surface area contributed by atoms with Gasteiger partial charge in [-0.05, 0) is 35.9 Å². The number of nitrogens with two attached hydrogens (primary N) is 3. The molecular weight excluding hydrogens is 509 g/mol. The highest BCUT2D eigenvalue weighted by molar-refractivity contribution is 7.21. The number of carbonyl (C=O) groups excluding carboxylic acids is 2. The normalized spacial score (nSPS) is 11.2. The zero-order valence-corrected chi connectivity index (χ0v) is 19.8. The van der Waals surface area contributed by atoms with E-state index in [9.17, 15) is 28.0 Å². The zero-order chi connectivity index (χ0) is 27.1. The van der Waals surface area contributed by atoms with E-state index in [1.807, 2.05) is 6.07 Å². The lowest BCUT2D eigenvalue weighted by atomic mass is 9.96. The van der Waals surface area contributed by atoms with E-state index < -0.39 is 23.6 Å². The van der Waals surface area contributed by atoms with Crippen LogP contribution in [0.4, 0.5) is 30.4 Å². The Balaban J connectivity index is 1.87. The number of alkyl halides is 3. The highest BCUT2D eigenvalue weighted by atomic mass is 32.1. The summed E-state index contributed by atoms with van der Waals surface area (Å²) < 4.78 is 44.6. The summed E-state index contributed by atoms with van der Waals surface area (Å²) in [5.74, 6) is -1.54. The Bertz CT molecular complexity index is 1620. The van der Waals surface area contributed by atoms with E-state index >= 15 is 0 Å². The number of aromatic nitrogens is 1. The van der Waals surface area contributed by atoms with Crippen molar-refractivity contribution in [2.75, 3.05) is 23.9 Å². The first-order valence-corrected chi connectivity index (χ1v) is 11.2. The van der Waals surface area contributed by atoms with Crippen LogP contribution in [0.15, 0.2) is 42.5 Å². The number of benzene rings is 2. The van der Waals surface area contributed by atoms with Crippen LogP contribution >= 0.6 is 11.3 Å². The third-order valence-electron chi connectivity index (χ3n) is 5.43. The number of hydrogen-bond acceptors (Lipinski definition) is 8. The van der Waals surface area contributed by atoms with Crippen LogP contribution in [-0.4, -0.2) is 23.9 Å². The van der Waals surface area contributed by atoms with Crippen molar-refractivity contribution in [1.82, 2.24) is 4.98 Å². The number of anilines is 3. The fourth-order valence-electron chi connectivity index (χ4n) is 3.75. The fraction of sp³-hybridized carbons (Fsp3) is 0.0833. The monoisotopic (exact) mass is 526 g/mol. The summed E-state index contributed by atoms with van der Waals surface area (Å²) in [5, 5.41) is 12.6. The molecule has 0 unspecified atom stereocenters. The Morgan fingerprint density at radius 2 is 1.89 bits per heavy atom. The number of hydrogen-bond donors (Lipinski definition) is 4. The molecule has 7 N–H and O–H groups in total. The minimum Gasteiger partial charge on any atom is -0.495 e. The molecule has 37 heavy (non-hydrogen) atoms. The standard InChI is InChI=1S/C24H17F3N6O3S/c1-36-15-6-5-10(8-14(15)32-22(35)11-3-2-4-12(7-11)24(25,26)27)16-13(9-28)20(30)33-23-17(16)18(29)19(37-23)21(31)34/h2-8H,29H2,1H3,(H2,30,33)(H2,31,34)(H,32,35). The number of fused-ring (bicyclic) bond motifs is 1. The minimum absolute atomic E-state index is 0.0110. The van der Waals surface area contributed by atoms with Crippen LogP contribution in [0, 0.1) is 11.3 Å². The number of carbonyl (C=O) groups is 2. The van der Waals surface area contributed by atoms with Crippen molar-refractivity contribution in [3.05, 3.63) is 64.0 Å². The lowest BCUT2D eigenvalue weighted by Gasteiger charge is -2.15. The molecule has 0 atom stereocenters. The second-order valence-corrected chi connectivity index (χ2v) is 8.69. The molecule has 0 saturated carbocycles. The second kappa shape index (κ2) is 9.32. The summed E-state index contributed by atoms with van der Waals surface area (Å²) >= 11 is 0.911. The van der Waals surface area contributed by atoms with E-state index in [4.69, 9.17) is 21.9 Å². The number of pyridine rings is 1. The van der Waals surface area contributed by atoms with E-state index in [1.54, 1.807) is 6.07 Å². The van der Waals surface area contributed by atoms with Gasteiger partial charge in [-0.2, -0.15) is 18.4 Å². The van der Waals surface area contributed by atoms with Crippen molar-refractivity contribution in [2.24, 2.45) is 5.73 Å². The van der Waals surface area contributed by atoms with Gasteiger partial charge in [0, 0.05) is 16.5 Å². The Kier molecular flexibility index (Phi) is 6.37. The van der Waals surface area contributed by atoms with Gasteiger partial charge < -0.3 is 27.3 Å². The number of nitrogen functional groups attached to an aromatic ring is 2. The number of nitrogens with one attached hydrogen (secondary N) is 1. The Morgan fingerprint density at radius 3 is 2.51 bits per heavy atom. The van der Waals surface area contributed by atoms with Crippen LogP contribution in [0.25, 0.3) is 21.3 Å². The van der Waals surface area contributed by atoms with E-state index in [1.165, 1.54) is 25.3 Å². The molecular formula is C24H17F3N6O3S. The Hall–Kier alpha value is -4.83. The Morgan fingerprint density at radius 1 is 1.16 bits per heavy atom. The van der Waals surface area contributed by atoms with Gasteiger partial charge in [-0.25, -0.2) is 4.98 Å². The van der Waals surface area contributed by atoms with Gasteiger partial charge in [0.15, 0.2) is 0 Å². The number of rotatable bonds is 5. The molecule has 0 aliphatic carbocycles. The summed E-state index contributed by atoms with van der Waals surface area (Å²) in [4.78, 5) is 29.2. The first kappa shape index (κ1) is 25.3. The maximum Gasteiger partial charge on any atom is 0.416 e. The zero-order valence-electron chi connectivity index (χ0n) is 18.9. The van der Waals surface area contributed by atoms with Gasteiger partial charge in [-0.1, -0.05) is 12.1 Å². The molecule has 0 fully saturated rings. The predicted octanol–water partition coefficient (Wildman–Crippen LogP) is 4.38. The van der Waals surface area contributed by atoms with Crippen LogP contribution in [-0.2, 0) is 6.18 Å². The van der Waals surface area contributed by atoms with Crippen molar-refractivity contribution >= 4 is 50.6 Å². The number of ether oxygens (including phenoxy) is 1. The van der Waals surface area contributed by atoms with Crippen LogP contribution in [0.5, 0.6) is 5.75 Å². The summed E-state index contributed by atoms with van der Waals surface area (Å²) in [6, 6.07) is 10.4. The third-order valence-corrected chi connectivity index (χ3v) is 6.54. The summed E-state index contributed by atoms with van der Waals surface area (Å²) in [6.07, 6.45) is -4.63. The van der Waals surface area contributed by atoms with E-state index in [-0.39, 0.29) is 54.7 Å². The average molecular weight is 527 g/mol. The van der Waals surface area contributed by atoms with Gasteiger partial charge in [0.2, 0.25) is 0 Å². The summed E-state index contributed by atoms with van der Waals surface area (Å²) in [7, 11) is 1.34. The fourth-order valence-corrected chi connectivity index (χ4v) is 4.71. The molecule has 2 amide bonds. The molecule has 2 heterocycles. The highest BCUT2D eigenvalue weighted by Crippen LogP contribution is 2.44. The third kappa shape index (κ3) is 4.57. The highest BCUT2D eigenvalue weighted by Gasteiger charge is 2.31. The van der Waals surface area contributed by atoms with E-state index in [2.05, 4.69) is 10.3 Å². The number of methoxy groups -OCH3 is 1. The smallest absolute Gasteiger partial charge is 0.416 e. The SMILES string of the molecule is COc1ccc(-c2c(C#N)c(N)nc3sc(C(N)=O)c(N)c23)cc1NC(=O)c1cccc(C(F)(F)F)c1. The lowest BCUT2D eigenvalue weighted by Crippen LogP contribution is -2.14. The molecule has 0 radical (unpaired) electrons. The van der Waals surface area contributed by atoms with Gasteiger partial charge in [0.05, 0.1) is 24.0 Å². The molecule has 2 aromatic carbocycles. The van der Waals surface area contributed by atoms with Crippen molar-refractivity contribution < 1.29 is 27.5 Å². The molecule has 4 rings (SSSR count). The predicted molar refractivity (Wildman–Crippen MR) is 133 cm³/mol. The Labute approximate surface area is 211 Å². The molecule has 188 valence electrons. The van der Waals surface area contributed by atoms with Gasteiger partial charge in [-0.15, -0.1) is 11.3 Å². The largest absolute Gasteiger partial charge is 0.495 e. The molecule has 0 aliphatic heterocycles. The summed E-state index contributed by atoms with van der Waals surface area (Å²) in [6.45, 7) is 0. The topological polar surface area (TPSA) is 170 Å². The number of amides is 2.